The highest BCUT2D eigenvalue weighted by Gasteiger charge is 2.15. The lowest BCUT2D eigenvalue weighted by molar-refractivity contribution is -0.121. The van der Waals surface area contributed by atoms with E-state index in [1.807, 2.05) is 43.3 Å². The highest BCUT2D eigenvalue weighted by Crippen LogP contribution is 2.20. The SMILES string of the molecule is CC(C)COc1ccc(Cn2c(CCC(=O)N[C@@H](C)c3ccc(F)cc3)nc3cccnc32)cc1. The van der Waals surface area contributed by atoms with Crippen molar-refractivity contribution in [1.29, 1.82) is 0 Å². The molecule has 0 aliphatic carbocycles. The smallest absolute Gasteiger partial charge is 0.220 e. The fourth-order valence-corrected chi connectivity index (χ4v) is 3.87. The van der Waals surface area contributed by atoms with E-state index in [0.717, 1.165) is 33.9 Å². The van der Waals surface area contributed by atoms with Crippen molar-refractivity contribution in [2.24, 2.45) is 5.92 Å². The summed E-state index contributed by atoms with van der Waals surface area (Å²) >= 11 is 0. The third-order valence-electron chi connectivity index (χ3n) is 5.75. The molecule has 1 N–H and O–H groups in total. The zero-order valence-electron chi connectivity index (χ0n) is 20.4. The molecule has 2 aromatic carbocycles. The van der Waals surface area contributed by atoms with E-state index < -0.39 is 0 Å². The van der Waals surface area contributed by atoms with Crippen LogP contribution in [0.15, 0.2) is 66.9 Å². The molecule has 0 aliphatic rings. The number of aromatic nitrogens is 3. The summed E-state index contributed by atoms with van der Waals surface area (Å²) < 4.78 is 21.0. The number of carbonyl (C=O) groups excluding carboxylic acids is 1. The monoisotopic (exact) mass is 474 g/mol. The van der Waals surface area contributed by atoms with Gasteiger partial charge in [0.15, 0.2) is 5.65 Å². The van der Waals surface area contributed by atoms with Crippen molar-refractivity contribution in [1.82, 2.24) is 19.9 Å². The Bertz CT molecular complexity index is 1270. The van der Waals surface area contributed by atoms with Gasteiger partial charge in [-0.1, -0.05) is 38.1 Å². The van der Waals surface area contributed by atoms with Gasteiger partial charge in [-0.25, -0.2) is 14.4 Å². The van der Waals surface area contributed by atoms with Gasteiger partial charge in [-0.3, -0.25) is 4.79 Å². The number of carbonyl (C=O) groups is 1. The number of fused-ring (bicyclic) bond motifs is 1. The number of hydrogen-bond acceptors (Lipinski definition) is 4. The summed E-state index contributed by atoms with van der Waals surface area (Å²) in [7, 11) is 0. The van der Waals surface area contributed by atoms with E-state index >= 15 is 0 Å². The highest BCUT2D eigenvalue weighted by atomic mass is 19.1. The van der Waals surface area contributed by atoms with Crippen LogP contribution in [0.5, 0.6) is 5.75 Å². The van der Waals surface area contributed by atoms with E-state index in [-0.39, 0.29) is 24.2 Å². The van der Waals surface area contributed by atoms with Crippen LogP contribution in [0.4, 0.5) is 4.39 Å². The highest BCUT2D eigenvalue weighted by molar-refractivity contribution is 5.77. The van der Waals surface area contributed by atoms with Crippen LogP contribution < -0.4 is 10.1 Å². The third kappa shape index (κ3) is 6.44. The topological polar surface area (TPSA) is 69.0 Å². The molecule has 0 unspecified atom stereocenters. The fraction of sp³-hybridized carbons (Fsp3) is 0.321. The lowest BCUT2D eigenvalue weighted by Crippen LogP contribution is -2.27. The zero-order valence-corrected chi connectivity index (χ0v) is 20.4. The second-order valence-corrected chi connectivity index (χ2v) is 9.15. The molecule has 0 aliphatic heterocycles. The first-order valence-corrected chi connectivity index (χ1v) is 12.0. The number of nitrogens with one attached hydrogen (secondary N) is 1. The number of aryl methyl sites for hydroxylation is 1. The molecule has 2 heterocycles. The molecule has 0 radical (unpaired) electrons. The summed E-state index contributed by atoms with van der Waals surface area (Å²) in [5.74, 6) is 1.75. The molecule has 0 saturated carbocycles. The molecule has 0 saturated heterocycles. The number of hydrogen-bond donors (Lipinski definition) is 1. The molecule has 0 spiro atoms. The van der Waals surface area contributed by atoms with E-state index in [1.165, 1.54) is 12.1 Å². The maximum absolute atomic E-state index is 13.2. The average Bonchev–Trinajstić information content (AvgIpc) is 3.20. The summed E-state index contributed by atoms with van der Waals surface area (Å²) in [5.41, 5.74) is 3.56. The average molecular weight is 475 g/mol. The number of pyridine rings is 1. The summed E-state index contributed by atoms with van der Waals surface area (Å²) in [6.07, 6.45) is 2.52. The molecule has 2 aromatic heterocycles. The number of amides is 1. The van der Waals surface area contributed by atoms with Gasteiger partial charge in [0.25, 0.3) is 0 Å². The molecule has 0 bridgehead atoms. The van der Waals surface area contributed by atoms with Gasteiger partial charge < -0.3 is 14.6 Å². The Morgan fingerprint density at radius 2 is 1.80 bits per heavy atom. The minimum absolute atomic E-state index is 0.0833. The maximum atomic E-state index is 13.2. The molecule has 182 valence electrons. The lowest BCUT2D eigenvalue weighted by atomic mass is 10.1. The normalized spacial score (nSPS) is 12.1. The molecule has 6 nitrogen and oxygen atoms in total. The molecule has 1 atom stereocenters. The second-order valence-electron chi connectivity index (χ2n) is 9.15. The van der Waals surface area contributed by atoms with Crippen LogP contribution in [0.3, 0.4) is 0 Å². The van der Waals surface area contributed by atoms with Gasteiger partial charge in [0.05, 0.1) is 19.2 Å². The van der Waals surface area contributed by atoms with E-state index in [1.54, 1.807) is 18.3 Å². The number of benzene rings is 2. The van der Waals surface area contributed by atoms with Gasteiger partial charge in [0.2, 0.25) is 5.91 Å². The Kier molecular flexibility index (Phi) is 7.75. The Morgan fingerprint density at radius 1 is 1.06 bits per heavy atom. The number of halogens is 1. The van der Waals surface area contributed by atoms with Crippen molar-refractivity contribution in [2.45, 2.75) is 46.2 Å². The number of nitrogens with zero attached hydrogens (tertiary/aromatic N) is 3. The summed E-state index contributed by atoms with van der Waals surface area (Å²) in [6.45, 7) is 7.41. The number of rotatable bonds is 10. The van der Waals surface area contributed by atoms with Crippen LogP contribution in [0, 0.1) is 11.7 Å². The summed E-state index contributed by atoms with van der Waals surface area (Å²) in [6, 6.07) is 17.8. The van der Waals surface area contributed by atoms with Crippen molar-refractivity contribution in [2.75, 3.05) is 6.61 Å². The minimum Gasteiger partial charge on any atom is -0.493 e. The Balaban J connectivity index is 1.44. The van der Waals surface area contributed by atoms with E-state index in [9.17, 15) is 9.18 Å². The van der Waals surface area contributed by atoms with Crippen molar-refractivity contribution >= 4 is 17.1 Å². The zero-order chi connectivity index (χ0) is 24.8. The summed E-state index contributed by atoms with van der Waals surface area (Å²) in [5, 5.41) is 2.99. The maximum Gasteiger partial charge on any atom is 0.220 e. The first kappa shape index (κ1) is 24.4. The first-order chi connectivity index (χ1) is 16.9. The van der Waals surface area contributed by atoms with E-state index in [4.69, 9.17) is 9.72 Å². The molecular formula is C28H31FN4O2. The van der Waals surface area contributed by atoms with Gasteiger partial charge in [-0.2, -0.15) is 0 Å². The molecule has 4 aromatic rings. The molecule has 4 rings (SSSR count). The van der Waals surface area contributed by atoms with Crippen LogP contribution in [0.2, 0.25) is 0 Å². The lowest BCUT2D eigenvalue weighted by Gasteiger charge is -2.15. The predicted octanol–water partition coefficient (Wildman–Crippen LogP) is 5.46. The minimum atomic E-state index is -0.294. The predicted molar refractivity (Wildman–Crippen MR) is 135 cm³/mol. The number of imidazole rings is 1. The second kappa shape index (κ2) is 11.1. The summed E-state index contributed by atoms with van der Waals surface area (Å²) in [4.78, 5) is 21.9. The Hall–Kier alpha value is -3.74. The third-order valence-corrected chi connectivity index (χ3v) is 5.75. The Morgan fingerprint density at radius 3 is 2.51 bits per heavy atom. The van der Waals surface area contributed by atoms with Crippen LogP contribution in [0.1, 0.15) is 50.2 Å². The van der Waals surface area contributed by atoms with Crippen LogP contribution in [-0.4, -0.2) is 27.0 Å². The molecular weight excluding hydrogens is 443 g/mol. The van der Waals surface area contributed by atoms with Gasteiger partial charge in [0.1, 0.15) is 22.9 Å². The van der Waals surface area contributed by atoms with Crippen LogP contribution in [0.25, 0.3) is 11.2 Å². The Labute approximate surface area is 205 Å². The van der Waals surface area contributed by atoms with Crippen molar-refractivity contribution in [3.8, 4) is 5.75 Å². The molecule has 0 fully saturated rings. The van der Waals surface area contributed by atoms with Crippen LogP contribution >= 0.6 is 0 Å². The quantitative estimate of drug-likeness (QED) is 0.331. The molecule has 35 heavy (non-hydrogen) atoms. The largest absolute Gasteiger partial charge is 0.493 e. The molecule has 7 heteroatoms. The first-order valence-electron chi connectivity index (χ1n) is 12.0. The van der Waals surface area contributed by atoms with Crippen molar-refractivity contribution in [3.63, 3.8) is 0 Å². The van der Waals surface area contributed by atoms with Gasteiger partial charge >= 0.3 is 0 Å². The van der Waals surface area contributed by atoms with Gasteiger partial charge in [-0.15, -0.1) is 0 Å². The number of ether oxygens (including phenoxy) is 1. The van der Waals surface area contributed by atoms with Crippen molar-refractivity contribution in [3.05, 3.63) is 89.6 Å². The fourth-order valence-electron chi connectivity index (χ4n) is 3.87. The van der Waals surface area contributed by atoms with Crippen molar-refractivity contribution < 1.29 is 13.9 Å². The molecule has 1 amide bonds. The van der Waals surface area contributed by atoms with Crippen LogP contribution in [-0.2, 0) is 17.8 Å². The standard InChI is InChI=1S/C28H31FN4O2/c1-19(2)18-35-24-12-6-21(7-13-24)17-33-26(32-25-5-4-16-30-28(25)33)14-15-27(34)31-20(3)22-8-10-23(29)11-9-22/h4-13,16,19-20H,14-15,17-18H2,1-3H3,(H,31,34)/t20-/m0/s1. The van der Waals surface area contributed by atoms with E-state index in [0.29, 0.717) is 25.5 Å². The van der Waals surface area contributed by atoms with Gasteiger partial charge in [0, 0.05) is 19.0 Å². The van der Waals surface area contributed by atoms with Gasteiger partial charge in [-0.05, 0) is 60.4 Å². The van der Waals surface area contributed by atoms with E-state index in [2.05, 4.69) is 28.7 Å².